The summed E-state index contributed by atoms with van der Waals surface area (Å²) >= 11 is 5.67. The highest BCUT2D eigenvalue weighted by Crippen LogP contribution is 2.16. The maximum absolute atomic E-state index is 6.85. The maximum Gasteiger partial charge on any atom is 0.0613 e. The van der Waals surface area contributed by atoms with Crippen molar-refractivity contribution >= 4 is 17.8 Å². The third-order valence-electron chi connectivity index (χ3n) is 1.44. The third-order valence-corrected chi connectivity index (χ3v) is 1.83. The van der Waals surface area contributed by atoms with Gasteiger partial charge in [-0.05, 0) is 18.9 Å². The predicted molar refractivity (Wildman–Crippen MR) is 46.8 cm³/mol. The molecule has 2 heteroatoms. The van der Waals surface area contributed by atoms with Crippen molar-refractivity contribution in [3.63, 3.8) is 0 Å². The van der Waals surface area contributed by atoms with Crippen LogP contribution in [0.15, 0.2) is 22.8 Å². The minimum atomic E-state index is 0.479. The smallest absolute Gasteiger partial charge is 0.0613 e. The van der Waals surface area contributed by atoms with E-state index in [0.29, 0.717) is 5.03 Å². The van der Waals surface area contributed by atoms with Crippen LogP contribution in [0.25, 0.3) is 0 Å². The predicted octanol–water partition coefficient (Wildman–Crippen LogP) is 3.11. The van der Waals surface area contributed by atoms with E-state index in [-0.39, 0.29) is 0 Å². The average molecular weight is 158 g/mol. The molecule has 0 bridgehead atoms. The highest BCUT2D eigenvalue weighted by atomic mass is 35.5. The molecule has 56 valence electrons. The average Bonchev–Trinajstić information content (AvgIpc) is 2.00. The summed E-state index contributed by atoms with van der Waals surface area (Å²) in [6.45, 7) is 7.68. The van der Waals surface area contributed by atoms with E-state index >= 15 is 0 Å². The van der Waals surface area contributed by atoms with Gasteiger partial charge in [-0.2, -0.15) is 0 Å². The van der Waals surface area contributed by atoms with Crippen molar-refractivity contribution in [2.75, 3.05) is 0 Å². The molecule has 0 aliphatic heterocycles. The van der Waals surface area contributed by atoms with E-state index in [1.54, 1.807) is 0 Å². The molecule has 0 saturated carbocycles. The summed E-state index contributed by atoms with van der Waals surface area (Å²) in [6.07, 6.45) is 2.02. The molecule has 0 heterocycles. The molecule has 0 aromatic carbocycles. The van der Waals surface area contributed by atoms with Crippen LogP contribution in [-0.4, -0.2) is 6.21 Å². The van der Waals surface area contributed by atoms with Crippen molar-refractivity contribution in [3.8, 4) is 0 Å². The fourth-order valence-corrected chi connectivity index (χ4v) is 0.676. The van der Waals surface area contributed by atoms with Gasteiger partial charge in [-0.25, -0.2) is 0 Å². The van der Waals surface area contributed by atoms with E-state index in [2.05, 4.69) is 6.58 Å². The molecule has 0 amide bonds. The lowest BCUT2D eigenvalue weighted by atomic mass is 10.1. The van der Waals surface area contributed by atoms with Gasteiger partial charge in [0.25, 0.3) is 0 Å². The van der Waals surface area contributed by atoms with Gasteiger partial charge < -0.3 is 5.41 Å². The number of hydrogen-bond donors (Lipinski definition) is 1. The first-order valence-corrected chi connectivity index (χ1v) is 3.56. The lowest BCUT2D eigenvalue weighted by Gasteiger charge is -2.01. The van der Waals surface area contributed by atoms with Crippen molar-refractivity contribution in [1.29, 1.82) is 5.41 Å². The first kappa shape index (κ1) is 9.44. The Hall–Kier alpha value is -0.560. The number of rotatable bonds is 3. The second-order valence-corrected chi connectivity index (χ2v) is 2.48. The Bertz CT molecular complexity index is 180. The van der Waals surface area contributed by atoms with Gasteiger partial charge in [0.2, 0.25) is 0 Å². The van der Waals surface area contributed by atoms with Crippen LogP contribution in [0, 0.1) is 5.41 Å². The lowest BCUT2D eigenvalue weighted by molar-refractivity contribution is 1.11. The van der Waals surface area contributed by atoms with E-state index < -0.39 is 0 Å². The van der Waals surface area contributed by atoms with E-state index in [1.807, 2.05) is 13.8 Å². The van der Waals surface area contributed by atoms with Crippen molar-refractivity contribution < 1.29 is 0 Å². The highest BCUT2D eigenvalue weighted by Gasteiger charge is 1.97. The second-order valence-electron chi connectivity index (χ2n) is 2.07. The molecule has 1 N–H and O–H groups in total. The van der Waals surface area contributed by atoms with Crippen molar-refractivity contribution in [1.82, 2.24) is 0 Å². The Balaban J connectivity index is 4.45. The Morgan fingerprint density at radius 2 is 2.20 bits per heavy atom. The molecule has 0 rings (SSSR count). The number of allylic oxidation sites excluding steroid dienone is 3. The zero-order valence-electron chi connectivity index (χ0n) is 6.37. The summed E-state index contributed by atoms with van der Waals surface area (Å²) in [6, 6.07) is 0. The summed E-state index contributed by atoms with van der Waals surface area (Å²) < 4.78 is 0. The van der Waals surface area contributed by atoms with Crippen molar-refractivity contribution in [2.45, 2.75) is 20.3 Å². The molecule has 0 atom stereocenters. The van der Waals surface area contributed by atoms with E-state index in [0.717, 1.165) is 23.8 Å². The van der Waals surface area contributed by atoms with Gasteiger partial charge in [0.05, 0.1) is 5.03 Å². The van der Waals surface area contributed by atoms with E-state index in [9.17, 15) is 0 Å². The molecular formula is C8H12ClN. The van der Waals surface area contributed by atoms with Gasteiger partial charge in [0.15, 0.2) is 0 Å². The van der Waals surface area contributed by atoms with E-state index in [4.69, 9.17) is 17.0 Å². The van der Waals surface area contributed by atoms with Crippen LogP contribution >= 0.6 is 11.6 Å². The zero-order valence-corrected chi connectivity index (χ0v) is 7.13. The van der Waals surface area contributed by atoms with Gasteiger partial charge in [0, 0.05) is 6.21 Å². The molecule has 1 nitrogen and oxygen atoms in total. The Labute approximate surface area is 66.9 Å². The van der Waals surface area contributed by atoms with Crippen molar-refractivity contribution in [3.05, 3.63) is 22.8 Å². The quantitative estimate of drug-likeness (QED) is 0.481. The zero-order chi connectivity index (χ0) is 8.15. The summed E-state index contributed by atoms with van der Waals surface area (Å²) in [7, 11) is 0. The fraction of sp³-hybridized carbons (Fsp3) is 0.375. The topological polar surface area (TPSA) is 23.9 Å². The molecule has 0 aromatic heterocycles. The van der Waals surface area contributed by atoms with Crippen LogP contribution in [0.5, 0.6) is 0 Å². The lowest BCUT2D eigenvalue weighted by Crippen LogP contribution is -1.85. The van der Waals surface area contributed by atoms with Crippen LogP contribution in [0.2, 0.25) is 0 Å². The van der Waals surface area contributed by atoms with Crippen LogP contribution in [0.3, 0.4) is 0 Å². The Morgan fingerprint density at radius 1 is 1.70 bits per heavy atom. The van der Waals surface area contributed by atoms with Crippen molar-refractivity contribution in [2.24, 2.45) is 0 Å². The minimum absolute atomic E-state index is 0.479. The summed E-state index contributed by atoms with van der Waals surface area (Å²) in [5, 5.41) is 7.33. The molecule has 0 unspecified atom stereocenters. The summed E-state index contributed by atoms with van der Waals surface area (Å²) in [5.74, 6) is 0. The monoisotopic (exact) mass is 157 g/mol. The third kappa shape index (κ3) is 2.36. The minimum Gasteiger partial charge on any atom is -0.307 e. The van der Waals surface area contributed by atoms with Crippen LogP contribution in [-0.2, 0) is 0 Å². The highest BCUT2D eigenvalue weighted by molar-refractivity contribution is 6.39. The molecule has 0 fully saturated rings. The Morgan fingerprint density at radius 3 is 2.50 bits per heavy atom. The summed E-state index contributed by atoms with van der Waals surface area (Å²) in [5.41, 5.74) is 1.91. The molecule has 0 aromatic rings. The second kappa shape index (κ2) is 4.29. The molecule has 0 radical (unpaired) electrons. The van der Waals surface area contributed by atoms with Gasteiger partial charge in [-0.1, -0.05) is 30.7 Å². The maximum atomic E-state index is 6.85. The molecule has 0 aliphatic rings. The molecule has 10 heavy (non-hydrogen) atoms. The van der Waals surface area contributed by atoms with Crippen LogP contribution in [0.4, 0.5) is 0 Å². The fourth-order valence-electron chi connectivity index (χ4n) is 0.542. The standard InChI is InChI=1S/C8H12ClN/c1-4-6(2)7(3)8(9)5-10/h5,10H,2,4H2,1,3H3/b8-7+,10-5?. The number of nitrogens with one attached hydrogen (secondary N) is 1. The summed E-state index contributed by atoms with van der Waals surface area (Å²) in [4.78, 5) is 0. The first-order chi connectivity index (χ1) is 4.63. The molecule has 0 saturated heterocycles. The van der Waals surface area contributed by atoms with Gasteiger partial charge in [-0.3, -0.25) is 0 Å². The van der Waals surface area contributed by atoms with Crippen LogP contribution in [0.1, 0.15) is 20.3 Å². The van der Waals surface area contributed by atoms with Gasteiger partial charge in [-0.15, -0.1) is 0 Å². The SMILES string of the molecule is C=C(CC)/C(C)=C(/Cl)C=N. The first-order valence-electron chi connectivity index (χ1n) is 3.18. The number of hydrogen-bond acceptors (Lipinski definition) is 1. The van der Waals surface area contributed by atoms with Crippen LogP contribution < -0.4 is 0 Å². The van der Waals surface area contributed by atoms with Gasteiger partial charge >= 0.3 is 0 Å². The Kier molecular flexibility index (Phi) is 4.05. The van der Waals surface area contributed by atoms with Gasteiger partial charge in [0.1, 0.15) is 0 Å². The largest absolute Gasteiger partial charge is 0.307 e. The molecular weight excluding hydrogens is 146 g/mol. The molecule has 0 spiro atoms. The molecule has 0 aliphatic carbocycles. The van der Waals surface area contributed by atoms with E-state index in [1.165, 1.54) is 0 Å². The number of halogens is 1. The normalized spacial score (nSPS) is 12.3.